The van der Waals surface area contributed by atoms with Crippen molar-refractivity contribution in [3.05, 3.63) is 33.3 Å². The number of hydrogen-bond acceptors (Lipinski definition) is 0. The first-order valence-corrected chi connectivity index (χ1v) is 4.31. The van der Waals surface area contributed by atoms with Gasteiger partial charge in [0.2, 0.25) is 0 Å². The Morgan fingerprint density at radius 2 is 1.25 bits per heavy atom. The minimum atomic E-state index is 0.434. The normalized spacial score (nSPS) is 10.2. The fourth-order valence-corrected chi connectivity index (χ4v) is 1.38. The van der Waals surface area contributed by atoms with E-state index in [9.17, 15) is 0 Å². The van der Waals surface area contributed by atoms with Crippen LogP contribution in [0.1, 0.15) is 11.1 Å². The first-order valence-electron chi connectivity index (χ1n) is 3.56. The number of rotatable bonds is 2. The Bertz CT molecular complexity index is 258. The molecule has 0 aliphatic rings. The fraction of sp³-hybridized carbons (Fsp3) is 0.250. The number of hydrogen-bond donors (Lipinski definition) is 0. The molecule has 0 amide bonds. The third-order valence-corrected chi connectivity index (χ3v) is 2.40. The molecule has 0 N–H and O–H groups in total. The highest BCUT2D eigenvalue weighted by Crippen LogP contribution is 2.25. The molecule has 12 heavy (non-hydrogen) atoms. The van der Waals surface area contributed by atoms with Gasteiger partial charge in [0.1, 0.15) is 0 Å². The molecule has 0 heterocycles. The summed E-state index contributed by atoms with van der Waals surface area (Å²) >= 11 is 11.6. The minimum Gasteiger partial charge on any atom is -0.0827 e. The number of benzene rings is 1. The molecule has 4 heteroatoms. The second-order valence-corrected chi connectivity index (χ2v) is 3.26. The van der Waals surface area contributed by atoms with Crippen LogP contribution in [0.3, 0.4) is 0 Å². The van der Waals surface area contributed by atoms with Crippen LogP contribution in [0.2, 0.25) is 10.0 Å². The first kappa shape index (κ1) is 10.0. The average molecular weight is 195 g/mol. The maximum Gasteiger partial charge on any atom is 0.0716 e. The summed E-state index contributed by atoms with van der Waals surface area (Å²) in [7, 11) is 11.0. The van der Waals surface area contributed by atoms with Crippen LogP contribution in [0.15, 0.2) is 12.1 Å². The zero-order valence-corrected chi connectivity index (χ0v) is 7.99. The maximum absolute atomic E-state index is 5.79. The number of halogens is 2. The summed E-state index contributed by atoms with van der Waals surface area (Å²) in [5, 5.41) is 1.05. The molecule has 0 unspecified atom stereocenters. The van der Waals surface area contributed by atoms with E-state index in [4.69, 9.17) is 38.9 Å². The molecule has 0 saturated carbocycles. The van der Waals surface area contributed by atoms with E-state index in [0.29, 0.717) is 22.7 Å². The third kappa shape index (κ3) is 1.99. The molecule has 0 bridgehead atoms. The van der Waals surface area contributed by atoms with Crippen LogP contribution < -0.4 is 0 Å². The van der Waals surface area contributed by atoms with Crippen molar-refractivity contribution < 1.29 is 0 Å². The molecule has 4 radical (unpaired) electrons. The molecule has 0 spiro atoms. The molecule has 0 fully saturated rings. The van der Waals surface area contributed by atoms with Crippen LogP contribution in [0.5, 0.6) is 0 Å². The predicted molar refractivity (Wildman–Crippen MR) is 55.4 cm³/mol. The second kappa shape index (κ2) is 4.25. The van der Waals surface area contributed by atoms with E-state index in [-0.39, 0.29) is 0 Å². The van der Waals surface area contributed by atoms with Gasteiger partial charge >= 0.3 is 0 Å². The fourth-order valence-electron chi connectivity index (χ4n) is 1.01. The van der Waals surface area contributed by atoms with Gasteiger partial charge in [-0.05, 0) is 12.1 Å². The van der Waals surface area contributed by atoms with Crippen molar-refractivity contribution in [3.63, 3.8) is 0 Å². The highest BCUT2D eigenvalue weighted by atomic mass is 35.5. The summed E-state index contributed by atoms with van der Waals surface area (Å²) in [6.07, 6.45) is 0.868. The van der Waals surface area contributed by atoms with Crippen LogP contribution >= 0.6 is 23.2 Å². The first-order chi connectivity index (χ1) is 5.69. The Kier molecular flexibility index (Phi) is 3.54. The summed E-state index contributed by atoms with van der Waals surface area (Å²) < 4.78 is 0. The molecule has 0 aromatic heterocycles. The highest BCUT2D eigenvalue weighted by Gasteiger charge is 2.03. The molecule has 0 atom stereocenters. The van der Waals surface area contributed by atoms with Gasteiger partial charge in [-0.25, -0.2) is 0 Å². The van der Waals surface area contributed by atoms with E-state index in [2.05, 4.69) is 0 Å². The lowest BCUT2D eigenvalue weighted by Crippen LogP contribution is -1.94. The molecule has 58 valence electrons. The van der Waals surface area contributed by atoms with Gasteiger partial charge in [-0.3, -0.25) is 0 Å². The third-order valence-electron chi connectivity index (χ3n) is 1.68. The smallest absolute Gasteiger partial charge is 0.0716 e. The van der Waals surface area contributed by atoms with Crippen molar-refractivity contribution in [2.24, 2.45) is 0 Å². The van der Waals surface area contributed by atoms with Crippen molar-refractivity contribution in [2.75, 3.05) is 0 Å². The molecule has 1 aromatic carbocycles. The van der Waals surface area contributed by atoms with Gasteiger partial charge in [0.25, 0.3) is 0 Å². The zero-order chi connectivity index (χ0) is 9.14. The monoisotopic (exact) mass is 194 g/mol. The van der Waals surface area contributed by atoms with E-state index < -0.39 is 0 Å². The standard InChI is InChI=1S/C8H6B2Cl2/c9-3-5-1-7(11)8(12)2-6(5)4-10/h1-2H,3-4H2. The molecule has 1 aromatic rings. The van der Waals surface area contributed by atoms with Gasteiger partial charge in [-0.1, -0.05) is 47.0 Å². The Balaban J connectivity index is 3.19. The molecule has 0 aliphatic carbocycles. The van der Waals surface area contributed by atoms with Crippen LogP contribution in [-0.2, 0) is 12.6 Å². The molecule has 0 nitrogen and oxygen atoms in total. The summed E-state index contributed by atoms with van der Waals surface area (Å²) in [4.78, 5) is 0. The minimum absolute atomic E-state index is 0.434. The Morgan fingerprint density at radius 3 is 1.50 bits per heavy atom. The van der Waals surface area contributed by atoms with Crippen molar-refractivity contribution in [3.8, 4) is 0 Å². The largest absolute Gasteiger partial charge is 0.0827 e. The Hall–Kier alpha value is -0.0701. The maximum atomic E-state index is 5.79. The van der Waals surface area contributed by atoms with Gasteiger partial charge in [0, 0.05) is 0 Å². The molecule has 0 aliphatic heterocycles. The lowest BCUT2D eigenvalue weighted by molar-refractivity contribution is 1.27. The SMILES string of the molecule is [B]Cc1cc(Cl)c(Cl)cc1C[B]. The van der Waals surface area contributed by atoms with Crippen molar-refractivity contribution in [1.82, 2.24) is 0 Å². The van der Waals surface area contributed by atoms with Gasteiger partial charge in [-0.15, -0.1) is 0 Å². The van der Waals surface area contributed by atoms with Crippen LogP contribution in [-0.4, -0.2) is 15.7 Å². The second-order valence-electron chi connectivity index (χ2n) is 2.44. The van der Waals surface area contributed by atoms with Crippen molar-refractivity contribution in [1.29, 1.82) is 0 Å². The summed E-state index contributed by atoms with van der Waals surface area (Å²) in [5.41, 5.74) is 1.90. The van der Waals surface area contributed by atoms with Crippen LogP contribution in [0.25, 0.3) is 0 Å². The average Bonchev–Trinajstić information content (AvgIpc) is 2.09. The van der Waals surface area contributed by atoms with E-state index >= 15 is 0 Å². The van der Waals surface area contributed by atoms with Crippen molar-refractivity contribution >= 4 is 38.9 Å². The molecular formula is C8H6B2Cl2. The quantitative estimate of drug-likeness (QED) is 0.634. The van der Waals surface area contributed by atoms with Crippen molar-refractivity contribution in [2.45, 2.75) is 12.6 Å². The van der Waals surface area contributed by atoms with Gasteiger partial charge in [-0.2, -0.15) is 0 Å². The predicted octanol–water partition coefficient (Wildman–Crippen LogP) is 2.33. The molecule has 1 rings (SSSR count). The molecular weight excluding hydrogens is 189 g/mol. The van der Waals surface area contributed by atoms with E-state index in [1.807, 2.05) is 0 Å². The molecule has 0 saturated heterocycles. The van der Waals surface area contributed by atoms with Gasteiger partial charge < -0.3 is 0 Å². The van der Waals surface area contributed by atoms with Gasteiger partial charge in [0.05, 0.1) is 25.7 Å². The highest BCUT2D eigenvalue weighted by molar-refractivity contribution is 6.42. The van der Waals surface area contributed by atoms with E-state index in [1.54, 1.807) is 12.1 Å². The van der Waals surface area contributed by atoms with Crippen LogP contribution in [0.4, 0.5) is 0 Å². The summed E-state index contributed by atoms with van der Waals surface area (Å²) in [6.45, 7) is 0. The zero-order valence-electron chi connectivity index (χ0n) is 6.48. The van der Waals surface area contributed by atoms with Gasteiger partial charge in [0.15, 0.2) is 0 Å². The topological polar surface area (TPSA) is 0 Å². The van der Waals surface area contributed by atoms with E-state index in [0.717, 1.165) is 11.1 Å². The Morgan fingerprint density at radius 1 is 0.917 bits per heavy atom. The lowest BCUT2D eigenvalue weighted by atomic mass is 9.87. The Labute approximate surface area is 85.1 Å². The lowest BCUT2D eigenvalue weighted by Gasteiger charge is -2.07. The summed E-state index contributed by atoms with van der Waals surface area (Å²) in [5.74, 6) is 0. The van der Waals surface area contributed by atoms with Crippen LogP contribution in [0, 0.1) is 0 Å². The summed E-state index contributed by atoms with van der Waals surface area (Å²) in [6, 6.07) is 3.51. The van der Waals surface area contributed by atoms with E-state index in [1.165, 1.54) is 0 Å².